The molecule has 1 saturated heterocycles. The summed E-state index contributed by atoms with van der Waals surface area (Å²) in [4.78, 5) is 34.8. The molecule has 1 amide bonds. The summed E-state index contributed by atoms with van der Waals surface area (Å²) in [7, 11) is 0. The minimum Gasteiger partial charge on any atom is -0.479 e. The van der Waals surface area contributed by atoms with Gasteiger partial charge in [-0.15, -0.1) is 0 Å². The summed E-state index contributed by atoms with van der Waals surface area (Å²) in [6.07, 6.45) is 2.09. The standard InChI is InChI=1S/C39H43N3O3/c1-28(2)26-39(38(44)45,29(3)31-18-9-5-10-19-31)41-36(32-20-11-6-12-21-32)33-22-13-14-23-34(33)40-37(43)35-24-15-25-42(35)27-30-16-7-4-8-17-30/h4-14,16-23,28-29,35H,15,24-27H2,1-3H3,(H,40,43)(H,44,45)/t29-,35-,39+/m0/s1. The third kappa shape index (κ3) is 7.40. The van der Waals surface area contributed by atoms with Gasteiger partial charge in [0, 0.05) is 23.6 Å². The lowest BCUT2D eigenvalue weighted by Gasteiger charge is -2.35. The average Bonchev–Trinajstić information content (AvgIpc) is 3.52. The Labute approximate surface area is 266 Å². The molecule has 3 atom stereocenters. The normalized spacial score (nSPS) is 17.5. The van der Waals surface area contributed by atoms with Crippen molar-refractivity contribution in [3.63, 3.8) is 0 Å². The van der Waals surface area contributed by atoms with E-state index in [2.05, 4.69) is 22.3 Å². The number of carbonyl (C=O) groups is 2. The van der Waals surface area contributed by atoms with E-state index in [4.69, 9.17) is 4.99 Å². The van der Waals surface area contributed by atoms with Gasteiger partial charge in [-0.3, -0.25) is 14.7 Å². The number of carboxylic acids is 1. The van der Waals surface area contributed by atoms with Gasteiger partial charge in [-0.05, 0) is 48.9 Å². The van der Waals surface area contributed by atoms with Crippen LogP contribution in [0.2, 0.25) is 0 Å². The van der Waals surface area contributed by atoms with Gasteiger partial charge in [-0.2, -0.15) is 0 Å². The number of hydrogen-bond acceptors (Lipinski definition) is 4. The van der Waals surface area contributed by atoms with Gasteiger partial charge in [0.25, 0.3) is 0 Å². The lowest BCUT2D eigenvalue weighted by Crippen LogP contribution is -2.44. The van der Waals surface area contributed by atoms with E-state index in [1.807, 2.05) is 124 Å². The quantitative estimate of drug-likeness (QED) is 0.162. The van der Waals surface area contributed by atoms with Crippen molar-refractivity contribution in [3.8, 4) is 0 Å². The highest BCUT2D eigenvalue weighted by molar-refractivity contribution is 6.18. The monoisotopic (exact) mass is 601 g/mol. The fourth-order valence-electron chi connectivity index (χ4n) is 6.50. The van der Waals surface area contributed by atoms with E-state index in [0.29, 0.717) is 29.9 Å². The molecule has 0 saturated carbocycles. The number of benzene rings is 4. The summed E-state index contributed by atoms with van der Waals surface area (Å²) in [6, 6.07) is 37.0. The molecule has 1 fully saturated rings. The number of hydrogen-bond donors (Lipinski definition) is 2. The molecule has 0 spiro atoms. The van der Waals surface area contributed by atoms with Gasteiger partial charge < -0.3 is 10.4 Å². The number of likely N-dealkylation sites (tertiary alicyclic amines) is 1. The third-order valence-electron chi connectivity index (χ3n) is 8.80. The van der Waals surface area contributed by atoms with Crippen LogP contribution >= 0.6 is 0 Å². The predicted molar refractivity (Wildman–Crippen MR) is 182 cm³/mol. The van der Waals surface area contributed by atoms with Gasteiger partial charge in [0.2, 0.25) is 5.91 Å². The van der Waals surface area contributed by atoms with E-state index in [1.165, 1.54) is 5.56 Å². The van der Waals surface area contributed by atoms with E-state index >= 15 is 0 Å². The fraction of sp³-hybridized carbons (Fsp3) is 0.308. The number of carboxylic acid groups (broad SMARTS) is 1. The molecule has 0 aliphatic carbocycles. The van der Waals surface area contributed by atoms with Crippen LogP contribution in [0.3, 0.4) is 0 Å². The molecule has 1 aliphatic rings. The van der Waals surface area contributed by atoms with Crippen molar-refractivity contribution in [1.29, 1.82) is 0 Å². The number of aliphatic imine (C=N–C) groups is 1. The van der Waals surface area contributed by atoms with E-state index < -0.39 is 17.4 Å². The second-order valence-electron chi connectivity index (χ2n) is 12.4. The Kier molecular flexibility index (Phi) is 10.3. The number of carbonyl (C=O) groups excluding carboxylic acids is 1. The number of aliphatic carboxylic acids is 1. The first-order valence-corrected chi connectivity index (χ1v) is 15.9. The van der Waals surface area contributed by atoms with Crippen LogP contribution in [0.5, 0.6) is 0 Å². The summed E-state index contributed by atoms with van der Waals surface area (Å²) < 4.78 is 0. The number of para-hydroxylation sites is 1. The van der Waals surface area contributed by atoms with E-state index in [0.717, 1.165) is 30.5 Å². The van der Waals surface area contributed by atoms with Gasteiger partial charge in [0.05, 0.1) is 17.4 Å². The zero-order valence-corrected chi connectivity index (χ0v) is 26.4. The zero-order valence-electron chi connectivity index (χ0n) is 26.4. The molecule has 0 unspecified atom stereocenters. The summed E-state index contributed by atoms with van der Waals surface area (Å²) in [6.45, 7) is 7.59. The smallest absolute Gasteiger partial charge is 0.332 e. The molecule has 6 heteroatoms. The van der Waals surface area contributed by atoms with Crippen molar-refractivity contribution in [2.24, 2.45) is 10.9 Å². The van der Waals surface area contributed by atoms with Crippen LogP contribution < -0.4 is 5.32 Å². The molecule has 4 aromatic rings. The highest BCUT2D eigenvalue weighted by atomic mass is 16.4. The molecule has 1 heterocycles. The molecular weight excluding hydrogens is 558 g/mol. The number of rotatable bonds is 12. The Morgan fingerprint density at radius 1 is 0.867 bits per heavy atom. The first-order chi connectivity index (χ1) is 21.8. The fourth-order valence-corrected chi connectivity index (χ4v) is 6.50. The molecule has 4 aromatic carbocycles. The topological polar surface area (TPSA) is 82.0 Å². The Morgan fingerprint density at radius 3 is 2.11 bits per heavy atom. The maximum Gasteiger partial charge on any atom is 0.332 e. The van der Waals surface area contributed by atoms with Crippen LogP contribution in [0.1, 0.15) is 68.2 Å². The van der Waals surface area contributed by atoms with Crippen LogP contribution in [0, 0.1) is 5.92 Å². The number of nitrogens with zero attached hydrogens (tertiary/aromatic N) is 2. The Hall–Kier alpha value is -4.55. The molecule has 0 radical (unpaired) electrons. The van der Waals surface area contributed by atoms with Crippen LogP contribution in [0.15, 0.2) is 120 Å². The average molecular weight is 602 g/mol. The van der Waals surface area contributed by atoms with Crippen LogP contribution in [-0.4, -0.2) is 45.7 Å². The maximum absolute atomic E-state index is 13.9. The highest BCUT2D eigenvalue weighted by Gasteiger charge is 2.45. The zero-order chi connectivity index (χ0) is 31.8. The number of anilines is 1. The van der Waals surface area contributed by atoms with Gasteiger partial charge in [0.15, 0.2) is 5.54 Å². The molecule has 1 aliphatic heterocycles. The first kappa shape index (κ1) is 31.9. The number of nitrogens with one attached hydrogen (secondary N) is 1. The van der Waals surface area contributed by atoms with Gasteiger partial charge in [-0.1, -0.05) is 130 Å². The molecule has 45 heavy (non-hydrogen) atoms. The lowest BCUT2D eigenvalue weighted by atomic mass is 9.75. The molecule has 0 bridgehead atoms. The van der Waals surface area contributed by atoms with E-state index in [1.54, 1.807) is 0 Å². The molecule has 0 aromatic heterocycles. The Bertz CT molecular complexity index is 1600. The SMILES string of the molecule is CC(C)C[C@](N=C(c1ccccc1)c1ccccc1NC(=O)[C@@H]1CCCN1Cc1ccccc1)(C(=O)O)[C@@H](C)c1ccccc1. The lowest BCUT2D eigenvalue weighted by molar-refractivity contribution is -0.144. The summed E-state index contributed by atoms with van der Waals surface area (Å²) in [5.74, 6) is -1.37. The minimum absolute atomic E-state index is 0.0624. The summed E-state index contributed by atoms with van der Waals surface area (Å²) in [5, 5.41) is 14.2. The summed E-state index contributed by atoms with van der Waals surface area (Å²) in [5.41, 5.74) is 3.30. The predicted octanol–water partition coefficient (Wildman–Crippen LogP) is 7.80. The van der Waals surface area contributed by atoms with Crippen molar-refractivity contribution in [2.75, 3.05) is 11.9 Å². The molecule has 5 rings (SSSR count). The van der Waals surface area contributed by atoms with Gasteiger partial charge in [-0.25, -0.2) is 4.79 Å². The van der Waals surface area contributed by atoms with Crippen LogP contribution in [-0.2, 0) is 16.1 Å². The summed E-state index contributed by atoms with van der Waals surface area (Å²) >= 11 is 0. The minimum atomic E-state index is -1.45. The molecular formula is C39H43N3O3. The molecule has 6 nitrogen and oxygen atoms in total. The van der Waals surface area contributed by atoms with E-state index in [-0.39, 0.29) is 17.9 Å². The second kappa shape index (κ2) is 14.5. The molecule has 232 valence electrons. The molecule has 2 N–H and O–H groups in total. The first-order valence-electron chi connectivity index (χ1n) is 15.9. The van der Waals surface area contributed by atoms with Crippen molar-refractivity contribution < 1.29 is 14.7 Å². The van der Waals surface area contributed by atoms with Crippen molar-refractivity contribution in [3.05, 3.63) is 138 Å². The Morgan fingerprint density at radius 2 is 1.47 bits per heavy atom. The van der Waals surface area contributed by atoms with Crippen molar-refractivity contribution in [2.45, 2.75) is 64.1 Å². The maximum atomic E-state index is 13.9. The number of amides is 1. The van der Waals surface area contributed by atoms with E-state index in [9.17, 15) is 14.7 Å². The Balaban J connectivity index is 1.57. The highest BCUT2D eigenvalue weighted by Crippen LogP contribution is 2.39. The van der Waals surface area contributed by atoms with Crippen molar-refractivity contribution >= 4 is 23.3 Å². The third-order valence-corrected chi connectivity index (χ3v) is 8.80. The van der Waals surface area contributed by atoms with Crippen molar-refractivity contribution in [1.82, 2.24) is 4.90 Å². The van der Waals surface area contributed by atoms with Crippen LogP contribution in [0.25, 0.3) is 0 Å². The van der Waals surface area contributed by atoms with Gasteiger partial charge >= 0.3 is 5.97 Å². The largest absolute Gasteiger partial charge is 0.479 e. The van der Waals surface area contributed by atoms with Crippen LogP contribution in [0.4, 0.5) is 5.69 Å². The second-order valence-corrected chi connectivity index (χ2v) is 12.4. The van der Waals surface area contributed by atoms with Gasteiger partial charge in [0.1, 0.15) is 0 Å².